The van der Waals surface area contributed by atoms with Crippen molar-refractivity contribution in [1.82, 2.24) is 5.32 Å². The van der Waals surface area contributed by atoms with Gasteiger partial charge in [0.15, 0.2) is 0 Å². The number of ether oxygens (including phenoxy) is 1. The molecule has 17 heavy (non-hydrogen) atoms. The lowest BCUT2D eigenvalue weighted by Crippen LogP contribution is -2.38. The van der Waals surface area contributed by atoms with Gasteiger partial charge < -0.3 is 10.1 Å². The summed E-state index contributed by atoms with van der Waals surface area (Å²) in [5.74, 6) is 0. The molecule has 3 nitrogen and oxygen atoms in total. The molecule has 2 unspecified atom stereocenters. The molecule has 1 saturated heterocycles. The highest BCUT2D eigenvalue weighted by Gasteiger charge is 2.16. The van der Waals surface area contributed by atoms with E-state index in [1.807, 2.05) is 24.3 Å². The van der Waals surface area contributed by atoms with Crippen LogP contribution in [0.25, 0.3) is 0 Å². The fourth-order valence-corrected chi connectivity index (χ4v) is 2.17. The molecule has 0 aliphatic carbocycles. The minimum atomic E-state index is 0.300. The van der Waals surface area contributed by atoms with Crippen molar-refractivity contribution < 1.29 is 4.74 Å². The molecule has 90 valence electrons. The van der Waals surface area contributed by atoms with Crippen molar-refractivity contribution >= 4 is 0 Å². The maximum absolute atomic E-state index is 8.75. The highest BCUT2D eigenvalue weighted by Crippen LogP contribution is 2.16. The number of hydrogen-bond acceptors (Lipinski definition) is 3. The van der Waals surface area contributed by atoms with Crippen LogP contribution in [0.1, 0.15) is 36.9 Å². The standard InChI is InChI=1S/C14H18N2O/c1-11(16-14-3-2-8-17-10-14)13-6-4-12(9-15)5-7-13/h4-7,11,14,16H,2-3,8,10H2,1H3. The first-order valence-electron chi connectivity index (χ1n) is 6.13. The van der Waals surface area contributed by atoms with Crippen LogP contribution in [0.15, 0.2) is 24.3 Å². The number of nitrogens with zero attached hydrogens (tertiary/aromatic N) is 1. The summed E-state index contributed by atoms with van der Waals surface area (Å²) in [6, 6.07) is 10.6. The minimum absolute atomic E-state index is 0.300. The number of benzene rings is 1. The molecule has 0 bridgehead atoms. The SMILES string of the molecule is CC(NC1CCCOC1)c1ccc(C#N)cc1. The largest absolute Gasteiger partial charge is 0.380 e. The zero-order chi connectivity index (χ0) is 12.1. The van der Waals surface area contributed by atoms with Crippen LogP contribution in [-0.4, -0.2) is 19.3 Å². The Morgan fingerprint density at radius 1 is 1.41 bits per heavy atom. The predicted molar refractivity (Wildman–Crippen MR) is 66.5 cm³/mol. The Balaban J connectivity index is 1.94. The van der Waals surface area contributed by atoms with Gasteiger partial charge in [-0.05, 0) is 37.5 Å². The zero-order valence-corrected chi connectivity index (χ0v) is 10.1. The van der Waals surface area contributed by atoms with E-state index in [9.17, 15) is 0 Å². The van der Waals surface area contributed by atoms with Gasteiger partial charge in [0.2, 0.25) is 0 Å². The lowest BCUT2D eigenvalue weighted by Gasteiger charge is -2.27. The summed E-state index contributed by atoms with van der Waals surface area (Å²) in [6.07, 6.45) is 2.32. The summed E-state index contributed by atoms with van der Waals surface area (Å²) < 4.78 is 5.45. The normalized spacial score (nSPS) is 21.8. The topological polar surface area (TPSA) is 45.0 Å². The van der Waals surface area contributed by atoms with Crippen LogP contribution in [0.2, 0.25) is 0 Å². The van der Waals surface area contributed by atoms with Gasteiger partial charge in [-0.15, -0.1) is 0 Å². The molecule has 3 heteroatoms. The number of nitriles is 1. The Morgan fingerprint density at radius 2 is 2.18 bits per heavy atom. The molecule has 2 atom stereocenters. The molecule has 2 rings (SSSR count). The lowest BCUT2D eigenvalue weighted by molar-refractivity contribution is 0.0671. The summed E-state index contributed by atoms with van der Waals surface area (Å²) >= 11 is 0. The zero-order valence-electron chi connectivity index (χ0n) is 10.1. The fraction of sp³-hybridized carbons (Fsp3) is 0.500. The highest BCUT2D eigenvalue weighted by atomic mass is 16.5. The van der Waals surface area contributed by atoms with Gasteiger partial charge in [-0.1, -0.05) is 12.1 Å². The molecule has 1 N–H and O–H groups in total. The third-order valence-electron chi connectivity index (χ3n) is 3.19. The first-order chi connectivity index (χ1) is 8.29. The van der Waals surface area contributed by atoms with Crippen LogP contribution in [0.3, 0.4) is 0 Å². The number of nitrogens with one attached hydrogen (secondary N) is 1. The first kappa shape index (κ1) is 12.1. The van der Waals surface area contributed by atoms with Gasteiger partial charge in [0, 0.05) is 18.7 Å². The van der Waals surface area contributed by atoms with Crippen molar-refractivity contribution in [1.29, 1.82) is 5.26 Å². The maximum atomic E-state index is 8.75. The van der Waals surface area contributed by atoms with E-state index in [2.05, 4.69) is 18.3 Å². The van der Waals surface area contributed by atoms with E-state index in [1.54, 1.807) is 0 Å². The van der Waals surface area contributed by atoms with Gasteiger partial charge in [-0.25, -0.2) is 0 Å². The summed E-state index contributed by atoms with van der Waals surface area (Å²) in [6.45, 7) is 3.85. The second kappa shape index (κ2) is 5.81. The molecule has 0 aromatic heterocycles. The van der Waals surface area contributed by atoms with E-state index in [4.69, 9.17) is 10.00 Å². The van der Waals surface area contributed by atoms with Crippen molar-refractivity contribution in [3.8, 4) is 6.07 Å². The van der Waals surface area contributed by atoms with Crippen LogP contribution in [0, 0.1) is 11.3 Å². The molecule has 1 aliphatic rings. The minimum Gasteiger partial charge on any atom is -0.380 e. The highest BCUT2D eigenvalue weighted by molar-refractivity contribution is 5.32. The van der Waals surface area contributed by atoms with E-state index < -0.39 is 0 Å². The summed E-state index contributed by atoms with van der Waals surface area (Å²) in [4.78, 5) is 0. The Labute approximate surface area is 102 Å². The van der Waals surface area contributed by atoms with Crippen molar-refractivity contribution in [2.75, 3.05) is 13.2 Å². The lowest BCUT2D eigenvalue weighted by atomic mass is 10.0. The molecule has 0 amide bonds. The third kappa shape index (κ3) is 3.29. The summed E-state index contributed by atoms with van der Waals surface area (Å²) in [7, 11) is 0. The maximum Gasteiger partial charge on any atom is 0.0991 e. The van der Waals surface area contributed by atoms with Gasteiger partial charge in [0.05, 0.1) is 18.2 Å². The fourth-order valence-electron chi connectivity index (χ4n) is 2.17. The quantitative estimate of drug-likeness (QED) is 0.867. The molecule has 0 saturated carbocycles. The van der Waals surface area contributed by atoms with E-state index in [0.717, 1.165) is 19.6 Å². The summed E-state index contributed by atoms with van der Waals surface area (Å²) in [5.41, 5.74) is 1.93. The molecular formula is C14H18N2O. The van der Waals surface area contributed by atoms with Gasteiger partial charge in [0.25, 0.3) is 0 Å². The smallest absolute Gasteiger partial charge is 0.0991 e. The molecule has 1 aliphatic heterocycles. The second-order valence-electron chi connectivity index (χ2n) is 4.54. The monoisotopic (exact) mass is 230 g/mol. The first-order valence-corrected chi connectivity index (χ1v) is 6.13. The van der Waals surface area contributed by atoms with Gasteiger partial charge in [0.1, 0.15) is 0 Å². The van der Waals surface area contributed by atoms with Crippen LogP contribution in [0.5, 0.6) is 0 Å². The van der Waals surface area contributed by atoms with Crippen molar-refractivity contribution in [2.45, 2.75) is 31.8 Å². The molecule has 1 aromatic rings. The Bertz CT molecular complexity index is 388. The predicted octanol–water partition coefficient (Wildman–Crippen LogP) is 2.39. The van der Waals surface area contributed by atoms with E-state index in [-0.39, 0.29) is 0 Å². The number of hydrogen-bond donors (Lipinski definition) is 1. The van der Waals surface area contributed by atoms with Gasteiger partial charge in [-0.3, -0.25) is 0 Å². The average Bonchev–Trinajstić information content (AvgIpc) is 2.40. The third-order valence-corrected chi connectivity index (χ3v) is 3.19. The van der Waals surface area contributed by atoms with E-state index in [1.165, 1.54) is 12.0 Å². The molecule has 1 heterocycles. The molecule has 0 radical (unpaired) electrons. The molecular weight excluding hydrogens is 212 g/mol. The average molecular weight is 230 g/mol. The second-order valence-corrected chi connectivity index (χ2v) is 4.54. The van der Waals surface area contributed by atoms with E-state index >= 15 is 0 Å². The van der Waals surface area contributed by atoms with Crippen LogP contribution in [-0.2, 0) is 4.74 Å². The van der Waals surface area contributed by atoms with Crippen LogP contribution in [0.4, 0.5) is 0 Å². The molecule has 1 aromatic carbocycles. The summed E-state index contributed by atoms with van der Waals surface area (Å²) in [5, 5.41) is 12.3. The Hall–Kier alpha value is -1.37. The Kier molecular flexibility index (Phi) is 4.13. The molecule has 1 fully saturated rings. The van der Waals surface area contributed by atoms with Crippen molar-refractivity contribution in [3.05, 3.63) is 35.4 Å². The van der Waals surface area contributed by atoms with E-state index in [0.29, 0.717) is 17.6 Å². The van der Waals surface area contributed by atoms with Crippen molar-refractivity contribution in [2.24, 2.45) is 0 Å². The van der Waals surface area contributed by atoms with Crippen LogP contribution < -0.4 is 5.32 Å². The van der Waals surface area contributed by atoms with Crippen molar-refractivity contribution in [3.63, 3.8) is 0 Å². The van der Waals surface area contributed by atoms with Crippen LogP contribution >= 0.6 is 0 Å². The van der Waals surface area contributed by atoms with Gasteiger partial charge >= 0.3 is 0 Å². The Morgan fingerprint density at radius 3 is 2.76 bits per heavy atom. The molecule has 0 spiro atoms. The number of rotatable bonds is 3. The van der Waals surface area contributed by atoms with Gasteiger partial charge in [-0.2, -0.15) is 5.26 Å².